The fourth-order valence-corrected chi connectivity index (χ4v) is 6.25. The minimum Gasteiger partial charge on any atom is -0.453 e. The van der Waals surface area contributed by atoms with E-state index in [1.54, 1.807) is 0 Å². The molecule has 2 aromatic rings. The Morgan fingerprint density at radius 1 is 1.03 bits per heavy atom. The summed E-state index contributed by atoms with van der Waals surface area (Å²) in [5.74, 6) is 0.770. The van der Waals surface area contributed by atoms with E-state index in [-0.39, 0.29) is 30.4 Å². The summed E-state index contributed by atoms with van der Waals surface area (Å²) in [6, 6.07) is 12.9. The lowest BCUT2D eigenvalue weighted by molar-refractivity contribution is -0.0467. The van der Waals surface area contributed by atoms with Crippen molar-refractivity contribution in [3.63, 3.8) is 0 Å². The molecule has 0 N–H and O–H groups in total. The summed E-state index contributed by atoms with van der Waals surface area (Å²) >= 11 is 0. The number of carbonyl (C=O) groups excluding carboxylic acids is 1. The van der Waals surface area contributed by atoms with Crippen molar-refractivity contribution in [1.82, 2.24) is 14.7 Å². The minimum atomic E-state index is -0.268. The molecule has 190 valence electrons. The maximum atomic E-state index is 12.7. The first kappa shape index (κ1) is 24.3. The molecule has 3 fully saturated rings. The quantitative estimate of drug-likeness (QED) is 0.534. The highest BCUT2D eigenvalue weighted by molar-refractivity contribution is 5.68. The van der Waals surface area contributed by atoms with Crippen molar-refractivity contribution in [3.8, 4) is 0 Å². The minimum absolute atomic E-state index is 0.0166. The average Bonchev–Trinajstić information content (AvgIpc) is 3.42. The third-order valence-corrected chi connectivity index (χ3v) is 8.15. The van der Waals surface area contributed by atoms with Gasteiger partial charge in [-0.2, -0.15) is 5.10 Å². The Morgan fingerprint density at radius 2 is 1.86 bits per heavy atom. The molecule has 1 aromatic heterocycles. The second-order valence-electron chi connectivity index (χ2n) is 10.2. The molecule has 0 spiro atoms. The predicted molar refractivity (Wildman–Crippen MR) is 133 cm³/mol. The number of aromatic nitrogens is 2. The van der Waals surface area contributed by atoms with Crippen LogP contribution < -0.4 is 0 Å². The molecule has 3 aliphatic rings. The van der Waals surface area contributed by atoms with Gasteiger partial charge in [-0.3, -0.25) is 0 Å². The van der Waals surface area contributed by atoms with Crippen LogP contribution in [0.1, 0.15) is 87.1 Å². The SMILES string of the molecule is COC(=O)N1CCC[C@H](c2ccnn2C2CCCCO2)C1COC1CCC(c2ccccc2)CC1. The van der Waals surface area contributed by atoms with E-state index >= 15 is 0 Å². The number of likely N-dealkylation sites (tertiary alicyclic amines) is 1. The molecule has 2 unspecified atom stereocenters. The first-order chi connectivity index (χ1) is 17.2. The molecule has 1 saturated carbocycles. The standard InChI is InChI=1S/C28H39N3O4/c1-33-28(32)30-18-7-10-24(25-16-17-29-31(25)27-11-5-6-19-34-27)26(30)20-35-23-14-12-22(13-15-23)21-8-3-2-4-9-21/h2-4,8-9,16-17,22-24,26-27H,5-7,10-15,18-20H2,1H3/t22?,23?,24-,26?,27?/m1/s1. The Balaban J connectivity index is 1.27. The molecule has 5 rings (SSSR count). The Morgan fingerprint density at radius 3 is 2.60 bits per heavy atom. The molecule has 1 amide bonds. The Bertz CT molecular complexity index is 935. The smallest absolute Gasteiger partial charge is 0.409 e. The van der Waals surface area contributed by atoms with E-state index in [1.165, 1.54) is 12.7 Å². The van der Waals surface area contributed by atoms with Crippen LogP contribution in [0, 0.1) is 0 Å². The molecule has 35 heavy (non-hydrogen) atoms. The van der Waals surface area contributed by atoms with E-state index in [1.807, 2.05) is 11.1 Å². The van der Waals surface area contributed by atoms with Crippen molar-refractivity contribution < 1.29 is 19.0 Å². The lowest BCUT2D eigenvalue weighted by Gasteiger charge is -2.42. The summed E-state index contributed by atoms with van der Waals surface area (Å²) in [4.78, 5) is 14.6. The molecule has 2 aliphatic heterocycles. The third-order valence-electron chi connectivity index (χ3n) is 8.15. The Hall–Kier alpha value is -2.38. The van der Waals surface area contributed by atoms with Crippen molar-refractivity contribution in [2.75, 3.05) is 26.9 Å². The number of hydrogen-bond donors (Lipinski definition) is 0. The number of carbonyl (C=O) groups is 1. The lowest BCUT2D eigenvalue weighted by atomic mass is 9.82. The van der Waals surface area contributed by atoms with E-state index in [4.69, 9.17) is 14.2 Å². The van der Waals surface area contributed by atoms with E-state index in [0.29, 0.717) is 19.1 Å². The maximum absolute atomic E-state index is 12.7. The number of piperidine rings is 1. The van der Waals surface area contributed by atoms with Crippen molar-refractivity contribution in [1.29, 1.82) is 0 Å². The number of methoxy groups -OCH3 is 1. The molecule has 3 atom stereocenters. The largest absolute Gasteiger partial charge is 0.453 e. The summed E-state index contributed by atoms with van der Waals surface area (Å²) in [6.45, 7) is 2.00. The van der Waals surface area contributed by atoms with E-state index < -0.39 is 0 Å². The summed E-state index contributed by atoms with van der Waals surface area (Å²) in [7, 11) is 1.47. The van der Waals surface area contributed by atoms with Crippen LogP contribution in [0.3, 0.4) is 0 Å². The summed E-state index contributed by atoms with van der Waals surface area (Å²) in [6.07, 6.45) is 11.4. The first-order valence-corrected chi connectivity index (χ1v) is 13.4. The van der Waals surface area contributed by atoms with Gasteiger partial charge in [-0.25, -0.2) is 9.48 Å². The molecule has 3 heterocycles. The van der Waals surface area contributed by atoms with E-state index in [9.17, 15) is 4.79 Å². The van der Waals surface area contributed by atoms with Gasteiger partial charge < -0.3 is 19.1 Å². The highest BCUT2D eigenvalue weighted by Crippen LogP contribution is 2.38. The predicted octanol–water partition coefficient (Wildman–Crippen LogP) is 5.64. The molecule has 0 bridgehead atoms. The van der Waals surface area contributed by atoms with Crippen molar-refractivity contribution in [2.24, 2.45) is 0 Å². The van der Waals surface area contributed by atoms with Gasteiger partial charge in [0.15, 0.2) is 0 Å². The van der Waals surface area contributed by atoms with Crippen LogP contribution in [0.5, 0.6) is 0 Å². The zero-order chi connectivity index (χ0) is 24.0. The average molecular weight is 482 g/mol. The van der Waals surface area contributed by atoms with Crippen molar-refractivity contribution in [3.05, 3.63) is 53.9 Å². The van der Waals surface area contributed by atoms with Crippen LogP contribution >= 0.6 is 0 Å². The first-order valence-electron chi connectivity index (χ1n) is 13.4. The van der Waals surface area contributed by atoms with Crippen LogP contribution in [0.2, 0.25) is 0 Å². The number of hydrogen-bond acceptors (Lipinski definition) is 5. The van der Waals surface area contributed by atoms with Gasteiger partial charge in [-0.1, -0.05) is 30.3 Å². The van der Waals surface area contributed by atoms with Crippen molar-refractivity contribution in [2.45, 2.75) is 88.0 Å². The normalized spacial score (nSPS) is 29.6. The van der Waals surface area contributed by atoms with Gasteiger partial charge in [0.1, 0.15) is 6.23 Å². The zero-order valence-corrected chi connectivity index (χ0v) is 20.9. The molecular weight excluding hydrogens is 442 g/mol. The van der Waals surface area contributed by atoms with Crippen LogP contribution in [0.15, 0.2) is 42.6 Å². The summed E-state index contributed by atoms with van der Waals surface area (Å²) in [5.41, 5.74) is 2.58. The molecular formula is C28H39N3O4. The van der Waals surface area contributed by atoms with Gasteiger partial charge in [0.2, 0.25) is 0 Å². The van der Waals surface area contributed by atoms with Gasteiger partial charge in [0.05, 0.1) is 25.9 Å². The topological polar surface area (TPSA) is 65.8 Å². The number of benzene rings is 1. The summed E-state index contributed by atoms with van der Waals surface area (Å²) < 4.78 is 19.8. The Labute approximate surface area is 208 Å². The van der Waals surface area contributed by atoms with Crippen LogP contribution in [0.4, 0.5) is 4.79 Å². The molecule has 7 nitrogen and oxygen atoms in total. The van der Waals surface area contributed by atoms with Crippen LogP contribution in [-0.4, -0.2) is 59.8 Å². The zero-order valence-electron chi connectivity index (χ0n) is 20.9. The van der Waals surface area contributed by atoms with Gasteiger partial charge in [-0.05, 0) is 75.3 Å². The highest BCUT2D eigenvalue weighted by Gasteiger charge is 2.39. The Kier molecular flexibility index (Phi) is 8.04. The second kappa shape index (κ2) is 11.6. The molecule has 0 radical (unpaired) electrons. The monoisotopic (exact) mass is 481 g/mol. The summed E-state index contributed by atoms with van der Waals surface area (Å²) in [5, 5.41) is 4.64. The van der Waals surface area contributed by atoms with Gasteiger partial charge >= 0.3 is 6.09 Å². The third kappa shape index (κ3) is 5.56. The number of ether oxygens (including phenoxy) is 3. The van der Waals surface area contributed by atoms with Gasteiger partial charge in [-0.15, -0.1) is 0 Å². The lowest BCUT2D eigenvalue weighted by Crippen LogP contribution is -2.51. The van der Waals surface area contributed by atoms with Crippen LogP contribution in [-0.2, 0) is 14.2 Å². The molecule has 1 aromatic carbocycles. The second-order valence-corrected chi connectivity index (χ2v) is 10.2. The fourth-order valence-electron chi connectivity index (χ4n) is 6.25. The number of amides is 1. The molecule has 2 saturated heterocycles. The fraction of sp³-hybridized carbons (Fsp3) is 0.643. The molecule has 1 aliphatic carbocycles. The number of rotatable bonds is 6. The van der Waals surface area contributed by atoms with E-state index in [2.05, 4.69) is 46.2 Å². The van der Waals surface area contributed by atoms with Crippen molar-refractivity contribution >= 4 is 6.09 Å². The number of nitrogens with zero attached hydrogens (tertiary/aromatic N) is 3. The van der Waals surface area contributed by atoms with E-state index in [0.717, 1.165) is 70.1 Å². The van der Waals surface area contributed by atoms with Gasteiger partial charge in [0, 0.05) is 31.0 Å². The van der Waals surface area contributed by atoms with Crippen LogP contribution in [0.25, 0.3) is 0 Å². The molecule has 7 heteroatoms. The maximum Gasteiger partial charge on any atom is 0.409 e. The highest BCUT2D eigenvalue weighted by atomic mass is 16.5. The van der Waals surface area contributed by atoms with Gasteiger partial charge in [0.25, 0.3) is 0 Å².